The van der Waals surface area contributed by atoms with Crippen LogP contribution in [-0.2, 0) is 10.0 Å². The smallest absolute Gasteiger partial charge is 0.251 e. The number of nitrogens with zero attached hydrogens (tertiary/aromatic N) is 2. The second-order valence-corrected chi connectivity index (χ2v) is 9.58. The SMILES string of the molecule is O=C(NCCS(=O)(=O)N1CCN(c2ccc(F)cc2)CC1)c1ccc2ccccc2c1. The summed E-state index contributed by atoms with van der Waals surface area (Å²) < 4.78 is 39.9. The predicted octanol–water partition coefficient (Wildman–Crippen LogP) is 2.86. The van der Waals surface area contributed by atoms with Crippen LogP contribution < -0.4 is 10.2 Å². The number of nitrogens with one attached hydrogen (secondary N) is 1. The first kappa shape index (κ1) is 21.3. The summed E-state index contributed by atoms with van der Waals surface area (Å²) in [6.07, 6.45) is 0. The van der Waals surface area contributed by atoms with Gasteiger partial charge in [0, 0.05) is 44.0 Å². The summed E-state index contributed by atoms with van der Waals surface area (Å²) in [5, 5.41) is 4.71. The minimum atomic E-state index is -3.48. The maximum Gasteiger partial charge on any atom is 0.251 e. The molecule has 0 aromatic heterocycles. The lowest BCUT2D eigenvalue weighted by Crippen LogP contribution is -2.50. The van der Waals surface area contributed by atoms with Gasteiger partial charge in [0.2, 0.25) is 10.0 Å². The molecule has 0 atom stereocenters. The average molecular weight is 442 g/mol. The molecule has 1 fully saturated rings. The van der Waals surface area contributed by atoms with Crippen LogP contribution >= 0.6 is 0 Å². The number of benzene rings is 3. The number of sulfonamides is 1. The number of carbonyl (C=O) groups is 1. The van der Waals surface area contributed by atoms with Gasteiger partial charge in [-0.1, -0.05) is 30.3 Å². The highest BCUT2D eigenvalue weighted by atomic mass is 32.2. The molecule has 6 nitrogen and oxygen atoms in total. The van der Waals surface area contributed by atoms with Gasteiger partial charge >= 0.3 is 0 Å². The second kappa shape index (κ2) is 9.03. The van der Waals surface area contributed by atoms with E-state index in [4.69, 9.17) is 0 Å². The molecule has 0 aliphatic carbocycles. The first-order valence-corrected chi connectivity index (χ1v) is 11.8. The molecule has 1 N–H and O–H groups in total. The standard InChI is InChI=1S/C23H24FN3O3S/c24-21-7-9-22(10-8-21)26-12-14-27(15-13-26)31(29,30)16-11-25-23(28)20-6-5-18-3-1-2-4-19(18)17-20/h1-10,17H,11-16H2,(H,25,28). The van der Waals surface area contributed by atoms with E-state index in [1.807, 2.05) is 35.2 Å². The number of fused-ring (bicyclic) bond motifs is 1. The third kappa shape index (κ3) is 5.03. The zero-order valence-corrected chi connectivity index (χ0v) is 17.8. The van der Waals surface area contributed by atoms with E-state index >= 15 is 0 Å². The average Bonchev–Trinajstić information content (AvgIpc) is 2.79. The lowest BCUT2D eigenvalue weighted by atomic mass is 10.1. The third-order valence-corrected chi connectivity index (χ3v) is 7.35. The molecule has 0 bridgehead atoms. The molecule has 3 aromatic rings. The Balaban J connectivity index is 1.29. The van der Waals surface area contributed by atoms with Gasteiger partial charge in [-0.2, -0.15) is 4.31 Å². The Morgan fingerprint density at radius 3 is 2.29 bits per heavy atom. The van der Waals surface area contributed by atoms with E-state index in [0.717, 1.165) is 16.5 Å². The molecule has 162 valence electrons. The van der Waals surface area contributed by atoms with Crippen molar-refractivity contribution in [3.8, 4) is 0 Å². The number of amides is 1. The van der Waals surface area contributed by atoms with Crippen LogP contribution in [0.1, 0.15) is 10.4 Å². The largest absolute Gasteiger partial charge is 0.369 e. The van der Waals surface area contributed by atoms with E-state index in [9.17, 15) is 17.6 Å². The van der Waals surface area contributed by atoms with Crippen LogP contribution in [0.5, 0.6) is 0 Å². The van der Waals surface area contributed by atoms with Gasteiger partial charge in [-0.05, 0) is 47.2 Å². The fourth-order valence-electron chi connectivity index (χ4n) is 3.73. The van der Waals surface area contributed by atoms with E-state index < -0.39 is 10.0 Å². The van der Waals surface area contributed by atoms with Gasteiger partial charge in [-0.25, -0.2) is 12.8 Å². The van der Waals surface area contributed by atoms with Crippen molar-refractivity contribution in [2.24, 2.45) is 0 Å². The zero-order chi connectivity index (χ0) is 21.8. The number of hydrogen-bond donors (Lipinski definition) is 1. The van der Waals surface area contributed by atoms with Crippen molar-refractivity contribution in [2.45, 2.75) is 0 Å². The van der Waals surface area contributed by atoms with Crippen molar-refractivity contribution in [1.82, 2.24) is 9.62 Å². The summed E-state index contributed by atoms with van der Waals surface area (Å²) in [5.74, 6) is -0.735. The summed E-state index contributed by atoms with van der Waals surface area (Å²) in [6, 6.07) is 19.4. The predicted molar refractivity (Wildman–Crippen MR) is 120 cm³/mol. The minimum absolute atomic E-state index is 0.0478. The minimum Gasteiger partial charge on any atom is -0.369 e. The van der Waals surface area contributed by atoms with E-state index in [1.165, 1.54) is 16.4 Å². The molecule has 31 heavy (non-hydrogen) atoms. The number of anilines is 1. The molecule has 1 aliphatic heterocycles. The van der Waals surface area contributed by atoms with E-state index in [0.29, 0.717) is 31.7 Å². The van der Waals surface area contributed by atoms with Crippen molar-refractivity contribution in [2.75, 3.05) is 43.4 Å². The van der Waals surface area contributed by atoms with Crippen LogP contribution in [0.2, 0.25) is 0 Å². The highest BCUT2D eigenvalue weighted by Gasteiger charge is 2.27. The molecular weight excluding hydrogens is 417 g/mol. The van der Waals surface area contributed by atoms with Crippen LogP contribution in [0, 0.1) is 5.82 Å². The Morgan fingerprint density at radius 2 is 1.58 bits per heavy atom. The molecular formula is C23H24FN3O3S. The zero-order valence-electron chi connectivity index (χ0n) is 17.0. The van der Waals surface area contributed by atoms with Gasteiger partial charge in [-0.3, -0.25) is 4.79 Å². The molecule has 1 heterocycles. The molecule has 0 saturated carbocycles. The Kier molecular flexibility index (Phi) is 6.20. The molecule has 0 unspecified atom stereocenters. The molecule has 1 amide bonds. The van der Waals surface area contributed by atoms with Crippen LogP contribution in [0.3, 0.4) is 0 Å². The first-order valence-electron chi connectivity index (χ1n) is 10.2. The van der Waals surface area contributed by atoms with Crippen molar-refractivity contribution in [3.63, 3.8) is 0 Å². The molecule has 1 saturated heterocycles. The van der Waals surface area contributed by atoms with E-state index in [2.05, 4.69) is 5.32 Å². The summed E-state index contributed by atoms with van der Waals surface area (Å²) >= 11 is 0. The summed E-state index contributed by atoms with van der Waals surface area (Å²) in [5.41, 5.74) is 1.38. The number of rotatable bonds is 6. The van der Waals surface area contributed by atoms with Crippen LogP contribution in [0.15, 0.2) is 66.7 Å². The number of piperazine rings is 1. The van der Waals surface area contributed by atoms with Gasteiger partial charge in [0.05, 0.1) is 5.75 Å². The molecule has 0 spiro atoms. The Hall–Kier alpha value is -2.97. The quantitative estimate of drug-likeness (QED) is 0.639. The van der Waals surface area contributed by atoms with Gasteiger partial charge in [0.25, 0.3) is 5.91 Å². The first-order chi connectivity index (χ1) is 14.9. The second-order valence-electron chi connectivity index (χ2n) is 7.50. The topological polar surface area (TPSA) is 69.7 Å². The monoisotopic (exact) mass is 441 g/mol. The number of hydrogen-bond acceptors (Lipinski definition) is 4. The van der Waals surface area contributed by atoms with Gasteiger partial charge in [0.1, 0.15) is 5.82 Å². The number of carbonyl (C=O) groups excluding carboxylic acids is 1. The summed E-state index contributed by atoms with van der Waals surface area (Å²) in [6.45, 7) is 1.84. The maximum atomic E-state index is 13.1. The highest BCUT2D eigenvalue weighted by Crippen LogP contribution is 2.18. The fraction of sp³-hybridized carbons (Fsp3) is 0.261. The fourth-order valence-corrected chi connectivity index (χ4v) is 5.07. The van der Waals surface area contributed by atoms with Crippen LogP contribution in [0.4, 0.5) is 10.1 Å². The van der Waals surface area contributed by atoms with Gasteiger partial charge in [0.15, 0.2) is 0 Å². The van der Waals surface area contributed by atoms with Crippen molar-refractivity contribution in [3.05, 3.63) is 78.1 Å². The molecule has 3 aromatic carbocycles. The lowest BCUT2D eigenvalue weighted by Gasteiger charge is -2.35. The third-order valence-electron chi connectivity index (χ3n) is 5.48. The summed E-state index contributed by atoms with van der Waals surface area (Å²) in [7, 11) is -3.48. The van der Waals surface area contributed by atoms with E-state index in [-0.39, 0.29) is 24.0 Å². The Bertz CT molecular complexity index is 1170. The lowest BCUT2D eigenvalue weighted by molar-refractivity contribution is 0.0956. The number of halogens is 1. The van der Waals surface area contributed by atoms with Gasteiger partial charge in [-0.15, -0.1) is 0 Å². The molecule has 0 radical (unpaired) electrons. The summed E-state index contributed by atoms with van der Waals surface area (Å²) in [4.78, 5) is 14.5. The Morgan fingerprint density at radius 1 is 0.903 bits per heavy atom. The molecule has 1 aliphatic rings. The highest BCUT2D eigenvalue weighted by molar-refractivity contribution is 7.89. The van der Waals surface area contributed by atoms with E-state index in [1.54, 1.807) is 24.3 Å². The molecule has 4 rings (SSSR count). The maximum absolute atomic E-state index is 13.1. The van der Waals surface area contributed by atoms with Crippen molar-refractivity contribution < 1.29 is 17.6 Å². The normalized spacial score (nSPS) is 15.2. The van der Waals surface area contributed by atoms with Crippen LogP contribution in [-0.4, -0.2) is 57.1 Å². The Labute approximate surface area is 181 Å². The van der Waals surface area contributed by atoms with Gasteiger partial charge < -0.3 is 10.2 Å². The molecule has 8 heteroatoms. The van der Waals surface area contributed by atoms with Crippen molar-refractivity contribution in [1.29, 1.82) is 0 Å². The van der Waals surface area contributed by atoms with Crippen molar-refractivity contribution >= 4 is 32.4 Å². The van der Waals surface area contributed by atoms with Crippen LogP contribution in [0.25, 0.3) is 10.8 Å².